The van der Waals surface area contributed by atoms with Gasteiger partial charge in [0.1, 0.15) is 0 Å². The number of rotatable bonds is 5. The Hall–Kier alpha value is -0.890. The van der Waals surface area contributed by atoms with Crippen molar-refractivity contribution in [2.75, 3.05) is 30.9 Å². The fourth-order valence-corrected chi connectivity index (χ4v) is 1.84. The average molecular weight is 292 g/mol. The summed E-state index contributed by atoms with van der Waals surface area (Å²) in [6.45, 7) is 4.97. The first kappa shape index (κ1) is 17.1. The van der Waals surface area contributed by atoms with Gasteiger partial charge in [-0.2, -0.15) is 16.8 Å². The van der Waals surface area contributed by atoms with Gasteiger partial charge in [0.15, 0.2) is 5.17 Å². The second kappa shape index (κ2) is 11.2. The summed E-state index contributed by atoms with van der Waals surface area (Å²) in [4.78, 5) is 26.4. The van der Waals surface area contributed by atoms with E-state index in [2.05, 4.69) is 27.9 Å². The predicted molar refractivity (Wildman–Crippen MR) is 79.6 cm³/mol. The van der Waals surface area contributed by atoms with Crippen LogP contribution in [0.5, 0.6) is 0 Å². The SMILES string of the molecule is CCNC(=O)NC(=NC(=O)NCCSCC)SC. The highest BCUT2D eigenvalue weighted by Crippen LogP contribution is 1.97. The number of carbonyl (C=O) groups is 2. The lowest BCUT2D eigenvalue weighted by atomic mass is 10.7. The molecule has 0 aliphatic carbocycles. The van der Waals surface area contributed by atoms with E-state index in [4.69, 9.17) is 0 Å². The van der Waals surface area contributed by atoms with Gasteiger partial charge in [-0.3, -0.25) is 5.32 Å². The standard InChI is InChI=1S/C10H20N4O2S2/c1-4-11-8(15)13-10(17-3)14-9(16)12-6-7-18-5-2/h4-7H2,1-3H3,(H3,11,12,13,14,15,16). The summed E-state index contributed by atoms with van der Waals surface area (Å²) in [6, 6.07) is -0.798. The number of thioether (sulfide) groups is 2. The van der Waals surface area contributed by atoms with E-state index in [1.165, 1.54) is 11.8 Å². The predicted octanol–water partition coefficient (Wildman–Crippen LogP) is 1.49. The van der Waals surface area contributed by atoms with Crippen molar-refractivity contribution in [1.29, 1.82) is 0 Å². The number of nitrogens with one attached hydrogen (secondary N) is 3. The maximum absolute atomic E-state index is 11.4. The smallest absolute Gasteiger partial charge is 0.338 e. The fraction of sp³-hybridized carbons (Fsp3) is 0.700. The zero-order valence-electron chi connectivity index (χ0n) is 10.9. The Kier molecular flexibility index (Phi) is 10.7. The molecule has 0 radical (unpaired) electrons. The van der Waals surface area contributed by atoms with Crippen molar-refractivity contribution in [2.24, 2.45) is 4.99 Å². The summed E-state index contributed by atoms with van der Waals surface area (Å²) >= 11 is 2.95. The molecule has 4 amide bonds. The number of hydrogen-bond donors (Lipinski definition) is 3. The molecule has 0 saturated heterocycles. The van der Waals surface area contributed by atoms with Crippen molar-refractivity contribution < 1.29 is 9.59 Å². The number of hydrogen-bond acceptors (Lipinski definition) is 4. The van der Waals surface area contributed by atoms with E-state index in [-0.39, 0.29) is 11.2 Å². The van der Waals surface area contributed by atoms with Crippen LogP contribution in [0.15, 0.2) is 4.99 Å². The molecule has 0 atom stereocenters. The van der Waals surface area contributed by atoms with E-state index in [1.807, 2.05) is 6.92 Å². The van der Waals surface area contributed by atoms with Crippen LogP contribution in [0.4, 0.5) is 9.59 Å². The van der Waals surface area contributed by atoms with Crippen LogP contribution < -0.4 is 16.0 Å². The van der Waals surface area contributed by atoms with E-state index >= 15 is 0 Å². The second-order valence-corrected chi connectivity index (χ2v) is 5.22. The molecule has 3 N–H and O–H groups in total. The minimum atomic E-state index is -0.437. The number of aliphatic imine (C=N–C) groups is 1. The first-order valence-corrected chi connectivity index (χ1v) is 8.05. The highest BCUT2D eigenvalue weighted by molar-refractivity contribution is 8.13. The third-order valence-electron chi connectivity index (χ3n) is 1.68. The van der Waals surface area contributed by atoms with Gasteiger partial charge < -0.3 is 10.6 Å². The summed E-state index contributed by atoms with van der Waals surface area (Å²) < 4.78 is 0. The summed E-state index contributed by atoms with van der Waals surface area (Å²) in [6.07, 6.45) is 1.74. The highest BCUT2D eigenvalue weighted by Gasteiger charge is 2.06. The van der Waals surface area contributed by atoms with Gasteiger partial charge in [0.25, 0.3) is 0 Å². The van der Waals surface area contributed by atoms with E-state index in [0.29, 0.717) is 13.1 Å². The molecule has 0 bridgehead atoms. The number of amidine groups is 1. The average Bonchev–Trinajstić information content (AvgIpc) is 2.34. The molecule has 0 aromatic heterocycles. The molecule has 0 saturated carbocycles. The minimum absolute atomic E-state index is 0.279. The second-order valence-electron chi connectivity index (χ2n) is 3.03. The van der Waals surface area contributed by atoms with Gasteiger partial charge in [0.05, 0.1) is 0 Å². The summed E-state index contributed by atoms with van der Waals surface area (Å²) in [5, 5.41) is 8.00. The third kappa shape index (κ3) is 9.17. The number of urea groups is 2. The quantitative estimate of drug-likeness (QED) is 0.407. The van der Waals surface area contributed by atoms with E-state index in [1.54, 1.807) is 18.0 Å². The number of amides is 4. The van der Waals surface area contributed by atoms with Gasteiger partial charge in [-0.05, 0) is 18.9 Å². The van der Waals surface area contributed by atoms with Crippen molar-refractivity contribution in [1.82, 2.24) is 16.0 Å². The molecule has 0 spiro atoms. The molecule has 0 heterocycles. The molecule has 0 fully saturated rings. The molecule has 0 aliphatic rings. The van der Waals surface area contributed by atoms with Gasteiger partial charge in [-0.25, -0.2) is 9.59 Å². The fourth-order valence-electron chi connectivity index (χ4n) is 0.933. The monoisotopic (exact) mass is 292 g/mol. The highest BCUT2D eigenvalue weighted by atomic mass is 32.2. The maximum Gasteiger partial charge on any atom is 0.343 e. The zero-order chi connectivity index (χ0) is 13.8. The van der Waals surface area contributed by atoms with Crippen LogP contribution in [0.3, 0.4) is 0 Å². The van der Waals surface area contributed by atoms with Crippen molar-refractivity contribution in [3.63, 3.8) is 0 Å². The van der Waals surface area contributed by atoms with Crippen LogP contribution in [0.25, 0.3) is 0 Å². The normalized spacial score (nSPS) is 10.9. The molecule has 8 heteroatoms. The van der Waals surface area contributed by atoms with E-state index < -0.39 is 6.03 Å². The summed E-state index contributed by atoms with van der Waals surface area (Å²) in [5.41, 5.74) is 0. The zero-order valence-corrected chi connectivity index (χ0v) is 12.5. The van der Waals surface area contributed by atoms with Crippen LogP contribution in [-0.4, -0.2) is 48.1 Å². The molecule has 18 heavy (non-hydrogen) atoms. The minimum Gasteiger partial charge on any atom is -0.338 e. The summed E-state index contributed by atoms with van der Waals surface area (Å²) in [7, 11) is 0. The summed E-state index contributed by atoms with van der Waals surface area (Å²) in [5.74, 6) is 1.88. The van der Waals surface area contributed by atoms with E-state index in [9.17, 15) is 9.59 Å². The van der Waals surface area contributed by atoms with Gasteiger partial charge in [-0.15, -0.1) is 0 Å². The lowest BCUT2D eigenvalue weighted by Crippen LogP contribution is -2.39. The van der Waals surface area contributed by atoms with Gasteiger partial charge in [0.2, 0.25) is 0 Å². The number of carbonyl (C=O) groups excluding carboxylic acids is 2. The lowest BCUT2D eigenvalue weighted by Gasteiger charge is -2.06. The maximum atomic E-state index is 11.4. The van der Waals surface area contributed by atoms with Crippen LogP contribution >= 0.6 is 23.5 Å². The molecule has 104 valence electrons. The van der Waals surface area contributed by atoms with Gasteiger partial charge in [-0.1, -0.05) is 18.7 Å². The van der Waals surface area contributed by atoms with Crippen LogP contribution in [0.1, 0.15) is 13.8 Å². The van der Waals surface area contributed by atoms with Crippen molar-refractivity contribution >= 4 is 40.8 Å². The molecule has 0 aromatic rings. The molecule has 6 nitrogen and oxygen atoms in total. The van der Waals surface area contributed by atoms with Crippen LogP contribution in [0.2, 0.25) is 0 Å². The van der Waals surface area contributed by atoms with Crippen LogP contribution in [-0.2, 0) is 0 Å². The molecule has 0 aromatic carbocycles. The van der Waals surface area contributed by atoms with E-state index in [0.717, 1.165) is 11.5 Å². The molecule has 0 unspecified atom stereocenters. The Balaban J connectivity index is 4.07. The molecular weight excluding hydrogens is 272 g/mol. The first-order chi connectivity index (χ1) is 8.63. The van der Waals surface area contributed by atoms with Crippen molar-refractivity contribution in [2.45, 2.75) is 13.8 Å². The van der Waals surface area contributed by atoms with Gasteiger partial charge in [0, 0.05) is 18.8 Å². The Bertz CT molecular complexity index is 298. The van der Waals surface area contributed by atoms with Crippen molar-refractivity contribution in [3.8, 4) is 0 Å². The molecule has 0 aliphatic heterocycles. The van der Waals surface area contributed by atoms with Gasteiger partial charge >= 0.3 is 12.1 Å². The molecular formula is C10H20N4O2S2. The Labute approximate surface area is 116 Å². The molecule has 0 rings (SSSR count). The first-order valence-electron chi connectivity index (χ1n) is 5.67. The largest absolute Gasteiger partial charge is 0.343 e. The topological polar surface area (TPSA) is 82.6 Å². The lowest BCUT2D eigenvalue weighted by molar-refractivity contribution is 0.246. The van der Waals surface area contributed by atoms with Crippen LogP contribution in [0, 0.1) is 0 Å². The Morgan fingerprint density at radius 3 is 2.50 bits per heavy atom. The Morgan fingerprint density at radius 1 is 1.22 bits per heavy atom. The third-order valence-corrected chi connectivity index (χ3v) is 3.16. The number of nitrogens with zero attached hydrogens (tertiary/aromatic N) is 1. The van der Waals surface area contributed by atoms with Crippen molar-refractivity contribution in [3.05, 3.63) is 0 Å². The Morgan fingerprint density at radius 2 is 1.94 bits per heavy atom.